The van der Waals surface area contributed by atoms with Crippen LogP contribution in [0.4, 0.5) is 0 Å². The van der Waals surface area contributed by atoms with Gasteiger partial charge in [-0.05, 0) is 42.7 Å². The summed E-state index contributed by atoms with van der Waals surface area (Å²) in [5, 5.41) is 8.48. The molecule has 2 nitrogen and oxygen atoms in total. The number of nitriles is 1. The number of aryl methyl sites for hydroxylation is 1. The molecule has 0 bridgehead atoms. The summed E-state index contributed by atoms with van der Waals surface area (Å²) in [5.74, 6) is 1.68. The molecule has 0 unspecified atom stereocenters. The van der Waals surface area contributed by atoms with Gasteiger partial charge in [-0.15, -0.1) is 0 Å². The lowest BCUT2D eigenvalue weighted by atomic mass is 10.1. The summed E-state index contributed by atoms with van der Waals surface area (Å²) in [5.41, 5.74) is 1.24. The lowest BCUT2D eigenvalue weighted by Crippen LogP contribution is -1.87. The van der Waals surface area contributed by atoms with Gasteiger partial charge in [-0.3, -0.25) is 0 Å². The average molecular weight is 237 g/mol. The van der Waals surface area contributed by atoms with Gasteiger partial charge >= 0.3 is 0 Å². The Labute approximate surface area is 107 Å². The summed E-state index contributed by atoms with van der Waals surface area (Å²) in [6, 6.07) is 19.9. The van der Waals surface area contributed by atoms with Crippen LogP contribution in [0.1, 0.15) is 18.4 Å². The van der Waals surface area contributed by atoms with Crippen molar-refractivity contribution in [2.45, 2.75) is 19.3 Å². The zero-order valence-corrected chi connectivity index (χ0v) is 10.2. The van der Waals surface area contributed by atoms with E-state index in [0.29, 0.717) is 6.42 Å². The minimum atomic E-state index is 0.613. The molecule has 0 atom stereocenters. The van der Waals surface area contributed by atoms with Crippen molar-refractivity contribution in [3.05, 3.63) is 60.2 Å². The number of ether oxygens (including phenoxy) is 1. The van der Waals surface area contributed by atoms with Crippen LogP contribution >= 0.6 is 0 Å². The third-order valence-electron chi connectivity index (χ3n) is 2.66. The number of hydrogen-bond acceptors (Lipinski definition) is 2. The molecule has 0 N–H and O–H groups in total. The molecule has 0 fully saturated rings. The maximum atomic E-state index is 8.48. The van der Waals surface area contributed by atoms with Crippen LogP contribution in [0, 0.1) is 11.3 Å². The van der Waals surface area contributed by atoms with Gasteiger partial charge in [-0.1, -0.05) is 30.3 Å². The fourth-order valence-electron chi connectivity index (χ4n) is 1.72. The van der Waals surface area contributed by atoms with Gasteiger partial charge in [0.1, 0.15) is 11.5 Å². The molecule has 90 valence electrons. The molecule has 2 aromatic rings. The number of nitrogens with zero attached hydrogens (tertiary/aromatic N) is 1. The topological polar surface area (TPSA) is 33.0 Å². The summed E-state index contributed by atoms with van der Waals surface area (Å²) in [6.07, 6.45) is 2.47. The monoisotopic (exact) mass is 237 g/mol. The molecule has 0 aliphatic carbocycles. The van der Waals surface area contributed by atoms with Crippen molar-refractivity contribution in [1.29, 1.82) is 5.26 Å². The lowest BCUT2D eigenvalue weighted by Gasteiger charge is -2.06. The highest BCUT2D eigenvalue weighted by Gasteiger charge is 1.97. The summed E-state index contributed by atoms with van der Waals surface area (Å²) < 4.78 is 5.71. The normalized spacial score (nSPS) is 9.72. The highest BCUT2D eigenvalue weighted by molar-refractivity contribution is 5.32. The van der Waals surface area contributed by atoms with E-state index in [1.165, 1.54) is 5.56 Å². The molecule has 0 saturated heterocycles. The van der Waals surface area contributed by atoms with Crippen LogP contribution < -0.4 is 4.74 Å². The Morgan fingerprint density at radius 3 is 2.22 bits per heavy atom. The number of para-hydroxylation sites is 1. The van der Waals surface area contributed by atoms with Crippen molar-refractivity contribution >= 4 is 0 Å². The van der Waals surface area contributed by atoms with Gasteiger partial charge in [-0.25, -0.2) is 0 Å². The molecule has 0 aliphatic rings. The van der Waals surface area contributed by atoms with E-state index in [1.54, 1.807) is 0 Å². The standard InChI is InChI=1S/C16H15NO/c17-13-5-4-6-14-9-11-16(12-10-14)18-15-7-2-1-3-8-15/h1-3,7-12H,4-6H2. The van der Waals surface area contributed by atoms with E-state index in [4.69, 9.17) is 10.00 Å². The van der Waals surface area contributed by atoms with Gasteiger partial charge in [0.2, 0.25) is 0 Å². The SMILES string of the molecule is N#CCCCc1ccc(Oc2ccccc2)cc1. The van der Waals surface area contributed by atoms with Gasteiger partial charge in [0, 0.05) is 6.42 Å². The molecule has 0 heterocycles. The first-order valence-electron chi connectivity index (χ1n) is 6.07. The van der Waals surface area contributed by atoms with Gasteiger partial charge in [0.15, 0.2) is 0 Å². The van der Waals surface area contributed by atoms with Crippen LogP contribution in [0.3, 0.4) is 0 Å². The molecule has 2 aromatic carbocycles. The van der Waals surface area contributed by atoms with Crippen LogP contribution in [0.2, 0.25) is 0 Å². The smallest absolute Gasteiger partial charge is 0.127 e. The molecule has 0 aliphatic heterocycles. The predicted octanol–water partition coefficient (Wildman–Crippen LogP) is 4.33. The average Bonchev–Trinajstić information content (AvgIpc) is 2.42. The first-order chi connectivity index (χ1) is 8.88. The third-order valence-corrected chi connectivity index (χ3v) is 2.66. The second-order valence-electron chi connectivity index (χ2n) is 4.07. The minimum Gasteiger partial charge on any atom is -0.457 e. The molecule has 0 aromatic heterocycles. The van der Waals surface area contributed by atoms with Gasteiger partial charge in [0.05, 0.1) is 6.07 Å². The number of rotatable bonds is 5. The van der Waals surface area contributed by atoms with Crippen molar-refractivity contribution < 1.29 is 4.74 Å². The van der Waals surface area contributed by atoms with Crippen LogP contribution in [0.15, 0.2) is 54.6 Å². The van der Waals surface area contributed by atoms with E-state index in [9.17, 15) is 0 Å². The van der Waals surface area contributed by atoms with Gasteiger partial charge in [0.25, 0.3) is 0 Å². The van der Waals surface area contributed by atoms with E-state index in [-0.39, 0.29) is 0 Å². The van der Waals surface area contributed by atoms with Crippen LogP contribution in [0.25, 0.3) is 0 Å². The Balaban J connectivity index is 1.94. The zero-order chi connectivity index (χ0) is 12.6. The fraction of sp³-hybridized carbons (Fsp3) is 0.188. The highest BCUT2D eigenvalue weighted by Crippen LogP contribution is 2.21. The van der Waals surface area contributed by atoms with Crippen molar-refractivity contribution in [1.82, 2.24) is 0 Å². The van der Waals surface area contributed by atoms with E-state index in [2.05, 4.69) is 18.2 Å². The third kappa shape index (κ3) is 3.64. The second-order valence-corrected chi connectivity index (χ2v) is 4.07. The van der Waals surface area contributed by atoms with E-state index >= 15 is 0 Å². The van der Waals surface area contributed by atoms with Crippen molar-refractivity contribution in [2.24, 2.45) is 0 Å². The summed E-state index contributed by atoms with van der Waals surface area (Å²) in [7, 11) is 0. The molecular weight excluding hydrogens is 222 g/mol. The molecule has 0 radical (unpaired) electrons. The Morgan fingerprint density at radius 2 is 1.56 bits per heavy atom. The number of hydrogen-bond donors (Lipinski definition) is 0. The molecule has 0 amide bonds. The largest absolute Gasteiger partial charge is 0.457 e. The van der Waals surface area contributed by atoms with Crippen LogP contribution in [0.5, 0.6) is 11.5 Å². The minimum absolute atomic E-state index is 0.613. The molecule has 0 spiro atoms. The highest BCUT2D eigenvalue weighted by atomic mass is 16.5. The maximum Gasteiger partial charge on any atom is 0.127 e. The predicted molar refractivity (Wildman–Crippen MR) is 71.5 cm³/mol. The Kier molecular flexibility index (Phi) is 4.38. The van der Waals surface area contributed by atoms with Gasteiger partial charge < -0.3 is 4.74 Å². The molecular formula is C16H15NO. The summed E-state index contributed by atoms with van der Waals surface area (Å²) in [4.78, 5) is 0. The van der Waals surface area contributed by atoms with Crippen molar-refractivity contribution in [2.75, 3.05) is 0 Å². The van der Waals surface area contributed by atoms with E-state index in [0.717, 1.165) is 24.3 Å². The zero-order valence-electron chi connectivity index (χ0n) is 10.2. The molecule has 2 rings (SSSR count). The number of unbranched alkanes of at least 4 members (excludes halogenated alkanes) is 1. The maximum absolute atomic E-state index is 8.48. The first kappa shape index (κ1) is 12.2. The summed E-state index contributed by atoms with van der Waals surface area (Å²) in [6.45, 7) is 0. The fourth-order valence-corrected chi connectivity index (χ4v) is 1.72. The van der Waals surface area contributed by atoms with Crippen LogP contribution in [-0.4, -0.2) is 0 Å². The Morgan fingerprint density at radius 1 is 0.889 bits per heavy atom. The molecule has 0 saturated carbocycles. The quantitative estimate of drug-likeness (QED) is 0.725. The second kappa shape index (κ2) is 6.46. The van der Waals surface area contributed by atoms with Gasteiger partial charge in [-0.2, -0.15) is 5.26 Å². The lowest BCUT2D eigenvalue weighted by molar-refractivity contribution is 0.482. The van der Waals surface area contributed by atoms with Crippen LogP contribution in [-0.2, 0) is 6.42 Å². The van der Waals surface area contributed by atoms with E-state index < -0.39 is 0 Å². The number of benzene rings is 2. The summed E-state index contributed by atoms with van der Waals surface area (Å²) >= 11 is 0. The Hall–Kier alpha value is -2.27. The van der Waals surface area contributed by atoms with Crippen molar-refractivity contribution in [3.8, 4) is 17.6 Å². The van der Waals surface area contributed by atoms with Crippen molar-refractivity contribution in [3.63, 3.8) is 0 Å². The molecule has 2 heteroatoms. The van der Waals surface area contributed by atoms with E-state index in [1.807, 2.05) is 42.5 Å². The Bertz CT molecular complexity index is 511. The first-order valence-corrected chi connectivity index (χ1v) is 6.07. The molecule has 18 heavy (non-hydrogen) atoms.